The van der Waals surface area contributed by atoms with E-state index in [0.29, 0.717) is 25.6 Å². The number of benzene rings is 1. The van der Waals surface area contributed by atoms with Gasteiger partial charge in [-0.2, -0.15) is 13.2 Å². The summed E-state index contributed by atoms with van der Waals surface area (Å²) in [4.78, 5) is 13.9. The first-order chi connectivity index (χ1) is 10.4. The van der Waals surface area contributed by atoms with Gasteiger partial charge in [0.1, 0.15) is 0 Å². The summed E-state index contributed by atoms with van der Waals surface area (Å²) < 4.78 is 44.0. The van der Waals surface area contributed by atoms with E-state index in [9.17, 15) is 18.0 Å². The summed E-state index contributed by atoms with van der Waals surface area (Å²) >= 11 is 0. The van der Waals surface area contributed by atoms with Crippen molar-refractivity contribution in [3.63, 3.8) is 0 Å². The molecule has 1 aromatic rings. The number of amides is 1. The van der Waals surface area contributed by atoms with Crippen molar-refractivity contribution < 1.29 is 22.7 Å². The van der Waals surface area contributed by atoms with Crippen LogP contribution in [0.3, 0.4) is 0 Å². The minimum Gasteiger partial charge on any atom is -0.385 e. The van der Waals surface area contributed by atoms with Crippen molar-refractivity contribution in [2.75, 3.05) is 26.8 Å². The topological polar surface area (TPSA) is 29.5 Å². The first-order valence-corrected chi connectivity index (χ1v) is 7.38. The molecule has 0 unspecified atom stereocenters. The predicted octanol–water partition coefficient (Wildman–Crippen LogP) is 3.59. The van der Waals surface area contributed by atoms with Crippen LogP contribution in [-0.2, 0) is 10.9 Å². The number of piperidine rings is 1. The van der Waals surface area contributed by atoms with Crippen molar-refractivity contribution in [1.82, 2.24) is 4.90 Å². The maximum Gasteiger partial charge on any atom is 0.417 e. The van der Waals surface area contributed by atoms with E-state index in [1.165, 1.54) is 23.1 Å². The third kappa shape index (κ3) is 4.00. The second-order valence-corrected chi connectivity index (χ2v) is 5.56. The highest BCUT2D eigenvalue weighted by atomic mass is 19.4. The molecule has 0 atom stereocenters. The number of likely N-dealkylation sites (tertiary alicyclic amines) is 1. The Morgan fingerprint density at radius 3 is 2.50 bits per heavy atom. The molecule has 1 fully saturated rings. The molecule has 1 heterocycles. The van der Waals surface area contributed by atoms with Gasteiger partial charge in [0.05, 0.1) is 11.1 Å². The lowest BCUT2D eigenvalue weighted by atomic mass is 9.93. The Kier molecular flexibility index (Phi) is 5.45. The number of hydrogen-bond acceptors (Lipinski definition) is 2. The zero-order valence-electron chi connectivity index (χ0n) is 12.5. The van der Waals surface area contributed by atoms with Gasteiger partial charge in [-0.25, -0.2) is 0 Å². The zero-order valence-corrected chi connectivity index (χ0v) is 12.5. The van der Waals surface area contributed by atoms with E-state index in [4.69, 9.17) is 4.74 Å². The van der Waals surface area contributed by atoms with Gasteiger partial charge in [-0.1, -0.05) is 12.1 Å². The van der Waals surface area contributed by atoms with Crippen molar-refractivity contribution in [1.29, 1.82) is 0 Å². The van der Waals surface area contributed by atoms with Crippen LogP contribution >= 0.6 is 0 Å². The Bertz CT molecular complexity index is 508. The quantitative estimate of drug-likeness (QED) is 0.850. The minimum atomic E-state index is -4.51. The van der Waals surface area contributed by atoms with E-state index in [1.807, 2.05) is 0 Å². The standard InChI is InChI=1S/C16H20F3NO2/c1-22-11-8-12-6-9-20(10-7-12)15(21)13-4-2-3-5-14(13)16(17,18)19/h2-5,12H,6-11H2,1H3. The lowest BCUT2D eigenvalue weighted by Crippen LogP contribution is -2.39. The van der Waals surface area contributed by atoms with Gasteiger partial charge in [0, 0.05) is 26.8 Å². The lowest BCUT2D eigenvalue weighted by Gasteiger charge is -2.32. The maximum atomic E-state index is 13.0. The number of alkyl halides is 3. The largest absolute Gasteiger partial charge is 0.417 e. The molecule has 0 aliphatic carbocycles. The van der Waals surface area contributed by atoms with Gasteiger partial charge in [0.25, 0.3) is 5.91 Å². The molecule has 6 heteroatoms. The van der Waals surface area contributed by atoms with Gasteiger partial charge < -0.3 is 9.64 Å². The molecule has 0 aromatic heterocycles. The van der Waals surface area contributed by atoms with E-state index in [-0.39, 0.29) is 5.56 Å². The molecule has 1 aromatic carbocycles. The van der Waals surface area contributed by atoms with Crippen LogP contribution in [-0.4, -0.2) is 37.6 Å². The third-order valence-corrected chi connectivity index (χ3v) is 4.09. The molecule has 0 spiro atoms. The molecule has 1 saturated heterocycles. The lowest BCUT2D eigenvalue weighted by molar-refractivity contribution is -0.138. The van der Waals surface area contributed by atoms with Gasteiger partial charge in [-0.3, -0.25) is 4.79 Å². The molecule has 2 rings (SSSR count). The first kappa shape index (κ1) is 16.8. The number of rotatable bonds is 4. The summed E-state index contributed by atoms with van der Waals surface area (Å²) in [6.07, 6.45) is -1.97. The maximum absolute atomic E-state index is 13.0. The van der Waals surface area contributed by atoms with Crippen LogP contribution in [0.15, 0.2) is 24.3 Å². The normalized spacial score (nSPS) is 16.8. The monoisotopic (exact) mass is 315 g/mol. The molecule has 1 aliphatic heterocycles. The summed E-state index contributed by atoms with van der Waals surface area (Å²) in [5.41, 5.74) is -1.12. The molecule has 3 nitrogen and oxygen atoms in total. The number of hydrogen-bond donors (Lipinski definition) is 0. The number of methoxy groups -OCH3 is 1. The van der Waals surface area contributed by atoms with Crippen molar-refractivity contribution in [3.8, 4) is 0 Å². The number of ether oxygens (including phenoxy) is 1. The summed E-state index contributed by atoms with van der Waals surface area (Å²) in [5, 5.41) is 0. The SMILES string of the molecule is COCCC1CCN(C(=O)c2ccccc2C(F)(F)F)CC1. The Morgan fingerprint density at radius 2 is 1.91 bits per heavy atom. The van der Waals surface area contributed by atoms with Gasteiger partial charge in [-0.15, -0.1) is 0 Å². The molecule has 0 saturated carbocycles. The molecule has 0 bridgehead atoms. The molecule has 1 aliphatic rings. The third-order valence-electron chi connectivity index (χ3n) is 4.09. The van der Waals surface area contributed by atoms with Crippen LogP contribution in [0.1, 0.15) is 35.2 Å². The van der Waals surface area contributed by atoms with E-state index in [0.717, 1.165) is 25.3 Å². The van der Waals surface area contributed by atoms with Gasteiger partial charge >= 0.3 is 6.18 Å². The summed E-state index contributed by atoms with van der Waals surface area (Å²) in [6.45, 7) is 1.67. The first-order valence-electron chi connectivity index (χ1n) is 7.38. The van der Waals surface area contributed by atoms with Gasteiger partial charge in [0.15, 0.2) is 0 Å². The average Bonchev–Trinajstić information content (AvgIpc) is 2.52. The fourth-order valence-corrected chi connectivity index (χ4v) is 2.80. The van der Waals surface area contributed by atoms with Crippen LogP contribution < -0.4 is 0 Å². The number of carbonyl (C=O) groups is 1. The highest BCUT2D eigenvalue weighted by molar-refractivity contribution is 5.96. The van der Waals surface area contributed by atoms with E-state index in [1.54, 1.807) is 7.11 Å². The Morgan fingerprint density at radius 1 is 1.27 bits per heavy atom. The number of carbonyl (C=O) groups excluding carboxylic acids is 1. The predicted molar refractivity (Wildman–Crippen MR) is 76.6 cm³/mol. The second-order valence-electron chi connectivity index (χ2n) is 5.56. The average molecular weight is 315 g/mol. The van der Waals surface area contributed by atoms with Gasteiger partial charge in [0.2, 0.25) is 0 Å². The number of halogens is 3. The molecule has 1 amide bonds. The molecular formula is C16H20F3NO2. The Hall–Kier alpha value is -1.56. The Labute approximate surface area is 128 Å². The molecule has 0 radical (unpaired) electrons. The smallest absolute Gasteiger partial charge is 0.385 e. The highest BCUT2D eigenvalue weighted by Crippen LogP contribution is 2.33. The van der Waals surface area contributed by atoms with Gasteiger partial charge in [-0.05, 0) is 37.3 Å². The molecule has 0 N–H and O–H groups in total. The van der Waals surface area contributed by atoms with E-state index >= 15 is 0 Å². The molecule has 22 heavy (non-hydrogen) atoms. The summed E-state index contributed by atoms with van der Waals surface area (Å²) in [7, 11) is 1.65. The zero-order chi connectivity index (χ0) is 16.2. The minimum absolute atomic E-state index is 0.259. The fourth-order valence-electron chi connectivity index (χ4n) is 2.80. The molecular weight excluding hydrogens is 295 g/mol. The van der Waals surface area contributed by atoms with Crippen LogP contribution in [0.2, 0.25) is 0 Å². The summed E-state index contributed by atoms with van der Waals surface area (Å²) in [6, 6.07) is 4.98. The van der Waals surface area contributed by atoms with Crippen molar-refractivity contribution in [3.05, 3.63) is 35.4 Å². The summed E-state index contributed by atoms with van der Waals surface area (Å²) in [5.74, 6) is -0.0556. The van der Waals surface area contributed by atoms with Crippen LogP contribution in [0.4, 0.5) is 13.2 Å². The van der Waals surface area contributed by atoms with Crippen molar-refractivity contribution >= 4 is 5.91 Å². The van der Waals surface area contributed by atoms with E-state index < -0.39 is 17.6 Å². The molecule has 122 valence electrons. The van der Waals surface area contributed by atoms with Crippen LogP contribution in [0.5, 0.6) is 0 Å². The number of nitrogens with zero attached hydrogens (tertiary/aromatic N) is 1. The van der Waals surface area contributed by atoms with Crippen molar-refractivity contribution in [2.24, 2.45) is 5.92 Å². The second kappa shape index (κ2) is 7.13. The Balaban J connectivity index is 2.05. The van der Waals surface area contributed by atoms with Crippen LogP contribution in [0, 0.1) is 5.92 Å². The van der Waals surface area contributed by atoms with Crippen molar-refractivity contribution in [2.45, 2.75) is 25.4 Å². The fraction of sp³-hybridized carbons (Fsp3) is 0.562. The highest BCUT2D eigenvalue weighted by Gasteiger charge is 2.36. The van der Waals surface area contributed by atoms with Crippen LogP contribution in [0.25, 0.3) is 0 Å². The van der Waals surface area contributed by atoms with E-state index in [2.05, 4.69) is 0 Å².